The molecule has 1 aromatic rings. The normalized spacial score (nSPS) is 15.8. The third-order valence-electron chi connectivity index (χ3n) is 2.34. The molecule has 4 heteroatoms. The predicted octanol–water partition coefficient (Wildman–Crippen LogP) is 3.49. The van der Waals surface area contributed by atoms with E-state index < -0.39 is 10.8 Å². The van der Waals surface area contributed by atoms with E-state index in [1.54, 1.807) is 6.20 Å². The minimum absolute atomic E-state index is 0.149. The average molecular weight is 304 g/mol. The lowest BCUT2D eigenvalue weighted by molar-refractivity contribution is 0.641. The second kappa shape index (κ2) is 5.41. The Balaban J connectivity index is 2.69. The van der Waals surface area contributed by atoms with Gasteiger partial charge in [-0.1, -0.05) is 6.92 Å². The molecule has 0 saturated heterocycles. The van der Waals surface area contributed by atoms with Gasteiger partial charge in [-0.25, -0.2) is 0 Å². The highest BCUT2D eigenvalue weighted by molar-refractivity contribution is 9.10. The lowest BCUT2D eigenvalue weighted by Crippen LogP contribution is -2.26. The Morgan fingerprint density at radius 1 is 1.44 bits per heavy atom. The van der Waals surface area contributed by atoms with Crippen molar-refractivity contribution in [2.75, 3.05) is 5.75 Å². The van der Waals surface area contributed by atoms with Gasteiger partial charge in [-0.2, -0.15) is 0 Å². The van der Waals surface area contributed by atoms with Crippen LogP contribution in [0.2, 0.25) is 0 Å². The maximum absolute atomic E-state index is 12.0. The summed E-state index contributed by atoms with van der Waals surface area (Å²) in [6.45, 7) is 8.08. The van der Waals surface area contributed by atoms with Crippen LogP contribution in [0.25, 0.3) is 0 Å². The molecule has 0 aliphatic carbocycles. The molecule has 1 rings (SSSR count). The van der Waals surface area contributed by atoms with Crippen LogP contribution in [-0.2, 0) is 10.8 Å². The molecule has 2 nitrogen and oxygen atoms in total. The molecule has 0 aliphatic heterocycles. The van der Waals surface area contributed by atoms with Gasteiger partial charge in [0.15, 0.2) is 0 Å². The zero-order chi connectivity index (χ0) is 12.3. The molecule has 0 unspecified atom stereocenters. The predicted molar refractivity (Wildman–Crippen MR) is 73.1 cm³/mol. The summed E-state index contributed by atoms with van der Waals surface area (Å²) in [4.78, 5) is 4.33. The van der Waals surface area contributed by atoms with Crippen LogP contribution in [0.4, 0.5) is 0 Å². The first-order chi connectivity index (χ1) is 7.30. The first kappa shape index (κ1) is 13.8. The van der Waals surface area contributed by atoms with Crippen LogP contribution in [-0.4, -0.2) is 19.7 Å². The Labute approximate surface area is 108 Å². The van der Waals surface area contributed by atoms with Gasteiger partial charge in [0.2, 0.25) is 0 Å². The van der Waals surface area contributed by atoms with Crippen LogP contribution in [0, 0.1) is 0 Å². The molecule has 0 saturated carbocycles. The molecule has 0 fully saturated rings. The zero-order valence-electron chi connectivity index (χ0n) is 10.2. The monoisotopic (exact) mass is 303 g/mol. The SMILES string of the molecule is C[C@@H](C[S@](=O)C(C)(C)C)c1ccc(Br)cn1. The van der Waals surface area contributed by atoms with Gasteiger partial charge >= 0.3 is 0 Å². The number of hydrogen-bond donors (Lipinski definition) is 0. The molecule has 0 radical (unpaired) electrons. The van der Waals surface area contributed by atoms with Gasteiger partial charge < -0.3 is 0 Å². The van der Waals surface area contributed by atoms with Crippen LogP contribution >= 0.6 is 15.9 Å². The molecule has 16 heavy (non-hydrogen) atoms. The van der Waals surface area contributed by atoms with Crippen molar-refractivity contribution < 1.29 is 4.21 Å². The summed E-state index contributed by atoms with van der Waals surface area (Å²) in [6.07, 6.45) is 1.78. The Morgan fingerprint density at radius 2 is 2.06 bits per heavy atom. The third-order valence-corrected chi connectivity index (χ3v) is 4.98. The minimum Gasteiger partial charge on any atom is -0.260 e. The van der Waals surface area contributed by atoms with Crippen LogP contribution in [0.5, 0.6) is 0 Å². The second-order valence-corrected chi connectivity index (χ2v) is 8.09. The Morgan fingerprint density at radius 3 is 2.50 bits per heavy atom. The first-order valence-corrected chi connectivity index (χ1v) is 7.42. The van der Waals surface area contributed by atoms with E-state index in [1.807, 2.05) is 32.9 Å². The van der Waals surface area contributed by atoms with Crippen LogP contribution in [0.3, 0.4) is 0 Å². The number of aromatic nitrogens is 1. The number of halogens is 1. The molecule has 0 aromatic carbocycles. The second-order valence-electron chi connectivity index (χ2n) is 4.93. The number of nitrogens with zero attached hydrogens (tertiary/aromatic N) is 1. The van der Waals surface area contributed by atoms with Gasteiger partial charge in [0.1, 0.15) is 0 Å². The van der Waals surface area contributed by atoms with Gasteiger partial charge in [-0.15, -0.1) is 0 Å². The lowest BCUT2D eigenvalue weighted by atomic mass is 10.1. The topological polar surface area (TPSA) is 30.0 Å². The highest BCUT2D eigenvalue weighted by Crippen LogP contribution is 2.20. The first-order valence-electron chi connectivity index (χ1n) is 5.30. The average Bonchev–Trinajstić information content (AvgIpc) is 2.17. The summed E-state index contributed by atoms with van der Waals surface area (Å²) in [6, 6.07) is 3.95. The number of pyridine rings is 1. The quantitative estimate of drug-likeness (QED) is 0.855. The van der Waals surface area contributed by atoms with Crippen molar-refractivity contribution in [3.63, 3.8) is 0 Å². The minimum atomic E-state index is -0.825. The fourth-order valence-corrected chi connectivity index (χ4v) is 2.60. The molecule has 0 amide bonds. The van der Waals surface area contributed by atoms with E-state index >= 15 is 0 Å². The Bertz CT molecular complexity index is 370. The summed E-state index contributed by atoms with van der Waals surface area (Å²) >= 11 is 3.35. The van der Waals surface area contributed by atoms with E-state index in [4.69, 9.17) is 0 Å². The fourth-order valence-electron chi connectivity index (χ4n) is 1.24. The van der Waals surface area contributed by atoms with E-state index in [0.29, 0.717) is 5.75 Å². The van der Waals surface area contributed by atoms with Gasteiger partial charge in [0.05, 0.1) is 0 Å². The molecule has 0 spiro atoms. The standard InChI is InChI=1S/C12H18BrNOS/c1-9(8-16(15)12(2,3)4)11-6-5-10(13)7-14-11/h5-7,9H,8H2,1-4H3/t9-,16-/m0/s1. The molecule has 90 valence electrons. The Hall–Kier alpha value is -0.220. The molecular formula is C12H18BrNOS. The molecule has 1 heterocycles. The molecular weight excluding hydrogens is 286 g/mol. The van der Waals surface area contributed by atoms with E-state index in [-0.39, 0.29) is 10.7 Å². The van der Waals surface area contributed by atoms with Crippen LogP contribution in [0.1, 0.15) is 39.3 Å². The van der Waals surface area contributed by atoms with Crippen molar-refractivity contribution in [3.8, 4) is 0 Å². The van der Waals surface area contributed by atoms with Crippen molar-refractivity contribution >= 4 is 26.7 Å². The summed E-state index contributed by atoms with van der Waals surface area (Å²) in [5.74, 6) is 0.895. The van der Waals surface area contributed by atoms with Crippen LogP contribution < -0.4 is 0 Å². The van der Waals surface area contributed by atoms with Crippen molar-refractivity contribution in [2.24, 2.45) is 0 Å². The smallest absolute Gasteiger partial charge is 0.0441 e. The highest BCUT2D eigenvalue weighted by Gasteiger charge is 2.22. The summed E-state index contributed by atoms with van der Waals surface area (Å²) in [5.41, 5.74) is 1.00. The number of hydrogen-bond acceptors (Lipinski definition) is 2. The zero-order valence-corrected chi connectivity index (χ0v) is 12.6. The summed E-state index contributed by atoms with van der Waals surface area (Å²) in [5, 5.41) is 0. The molecule has 0 N–H and O–H groups in total. The molecule has 0 aliphatic rings. The van der Waals surface area contributed by atoms with Crippen molar-refractivity contribution in [1.82, 2.24) is 4.98 Å². The fraction of sp³-hybridized carbons (Fsp3) is 0.583. The van der Waals surface area contributed by atoms with Crippen molar-refractivity contribution in [2.45, 2.75) is 38.4 Å². The highest BCUT2D eigenvalue weighted by atomic mass is 79.9. The lowest BCUT2D eigenvalue weighted by Gasteiger charge is -2.20. The van der Waals surface area contributed by atoms with Crippen molar-refractivity contribution in [3.05, 3.63) is 28.5 Å². The van der Waals surface area contributed by atoms with E-state index in [9.17, 15) is 4.21 Å². The van der Waals surface area contributed by atoms with Crippen molar-refractivity contribution in [1.29, 1.82) is 0 Å². The van der Waals surface area contributed by atoms with Crippen LogP contribution in [0.15, 0.2) is 22.8 Å². The van der Waals surface area contributed by atoms with Gasteiger partial charge in [0.25, 0.3) is 0 Å². The summed E-state index contributed by atoms with van der Waals surface area (Å²) in [7, 11) is -0.825. The molecule has 1 aromatic heterocycles. The number of rotatable bonds is 3. The molecule has 2 atom stereocenters. The van der Waals surface area contributed by atoms with E-state index in [2.05, 4.69) is 27.8 Å². The van der Waals surface area contributed by atoms with Gasteiger partial charge in [-0.3, -0.25) is 9.19 Å². The van der Waals surface area contributed by atoms with E-state index in [0.717, 1.165) is 10.2 Å². The molecule has 0 bridgehead atoms. The van der Waals surface area contributed by atoms with Gasteiger partial charge in [-0.05, 0) is 48.8 Å². The van der Waals surface area contributed by atoms with E-state index in [1.165, 1.54) is 0 Å². The maximum atomic E-state index is 12.0. The van der Waals surface area contributed by atoms with Gasteiger partial charge in [0, 0.05) is 43.6 Å². The third kappa shape index (κ3) is 3.98. The largest absolute Gasteiger partial charge is 0.260 e. The Kier molecular flexibility index (Phi) is 4.68. The summed E-state index contributed by atoms with van der Waals surface area (Å²) < 4.78 is 12.8. The maximum Gasteiger partial charge on any atom is 0.0441 e.